The van der Waals surface area contributed by atoms with Crippen LogP contribution in [0.5, 0.6) is 0 Å². The van der Waals surface area contributed by atoms with Gasteiger partial charge in [-0.1, -0.05) is 12.1 Å². The average Bonchev–Trinajstić information content (AvgIpc) is 2.48. The van der Waals surface area contributed by atoms with Crippen LogP contribution in [0.1, 0.15) is 11.1 Å². The molecule has 0 bridgehead atoms. The molecule has 0 aliphatic heterocycles. The van der Waals surface area contributed by atoms with E-state index in [4.69, 9.17) is 5.73 Å². The predicted molar refractivity (Wildman–Crippen MR) is 88.1 cm³/mol. The number of benzene rings is 2. The highest BCUT2D eigenvalue weighted by atomic mass is 32.2. The van der Waals surface area contributed by atoms with E-state index in [0.717, 1.165) is 10.5 Å². The molecule has 0 unspecified atom stereocenters. The zero-order valence-electron chi connectivity index (χ0n) is 12.0. The van der Waals surface area contributed by atoms with Crippen molar-refractivity contribution < 1.29 is 8.42 Å². The molecule has 0 saturated heterocycles. The fraction of sp³-hybridized carbons (Fsp3) is 0.200. The van der Waals surface area contributed by atoms with Gasteiger partial charge in [-0.2, -0.15) is 0 Å². The van der Waals surface area contributed by atoms with Crippen LogP contribution in [0.4, 0.5) is 5.69 Å². The van der Waals surface area contributed by atoms with Gasteiger partial charge in [0, 0.05) is 17.1 Å². The largest absolute Gasteiger partial charge is 0.326 e. The molecule has 21 heavy (non-hydrogen) atoms. The van der Waals surface area contributed by atoms with Gasteiger partial charge in [-0.05, 0) is 54.6 Å². The number of thioether (sulfide) groups is 1. The van der Waals surface area contributed by atoms with E-state index in [1.54, 1.807) is 43.0 Å². The third-order valence-corrected chi connectivity index (χ3v) is 5.39. The Morgan fingerprint density at radius 1 is 1.14 bits per heavy atom. The van der Waals surface area contributed by atoms with Crippen molar-refractivity contribution in [3.63, 3.8) is 0 Å². The first-order valence-electron chi connectivity index (χ1n) is 6.43. The summed E-state index contributed by atoms with van der Waals surface area (Å²) in [7, 11) is -3.61. The van der Waals surface area contributed by atoms with Gasteiger partial charge in [0.2, 0.25) is 0 Å². The van der Waals surface area contributed by atoms with E-state index >= 15 is 0 Å². The number of hydrogen-bond donors (Lipinski definition) is 2. The summed E-state index contributed by atoms with van der Waals surface area (Å²) in [4.78, 5) is 1.35. The van der Waals surface area contributed by atoms with Crippen molar-refractivity contribution >= 4 is 27.5 Å². The number of anilines is 1. The fourth-order valence-corrected chi connectivity index (χ4v) is 3.69. The van der Waals surface area contributed by atoms with Crippen molar-refractivity contribution in [2.45, 2.75) is 23.3 Å². The monoisotopic (exact) mass is 322 g/mol. The molecule has 2 rings (SSSR count). The molecule has 6 heteroatoms. The summed E-state index contributed by atoms with van der Waals surface area (Å²) in [6, 6.07) is 12.5. The lowest BCUT2D eigenvalue weighted by Crippen LogP contribution is -2.15. The maximum Gasteiger partial charge on any atom is 0.262 e. The molecule has 112 valence electrons. The molecule has 0 fully saturated rings. The number of nitrogens with one attached hydrogen (secondary N) is 1. The molecule has 0 atom stereocenters. The second-order valence-electron chi connectivity index (χ2n) is 4.64. The lowest BCUT2D eigenvalue weighted by molar-refractivity contribution is 0.600. The molecule has 0 saturated carbocycles. The Kier molecular flexibility index (Phi) is 4.92. The van der Waals surface area contributed by atoms with Crippen LogP contribution in [0.25, 0.3) is 0 Å². The van der Waals surface area contributed by atoms with E-state index in [1.165, 1.54) is 0 Å². The molecular weight excluding hydrogens is 304 g/mol. The smallest absolute Gasteiger partial charge is 0.262 e. The van der Waals surface area contributed by atoms with Gasteiger partial charge in [-0.15, -0.1) is 11.8 Å². The van der Waals surface area contributed by atoms with Crippen LogP contribution in [0, 0.1) is 6.92 Å². The minimum Gasteiger partial charge on any atom is -0.326 e. The number of hydrogen-bond acceptors (Lipinski definition) is 4. The molecule has 0 amide bonds. The van der Waals surface area contributed by atoms with Gasteiger partial charge in [0.25, 0.3) is 10.0 Å². The third-order valence-electron chi connectivity index (χ3n) is 3.12. The van der Waals surface area contributed by atoms with Gasteiger partial charge < -0.3 is 5.73 Å². The van der Waals surface area contributed by atoms with Crippen molar-refractivity contribution in [1.82, 2.24) is 0 Å². The zero-order valence-corrected chi connectivity index (χ0v) is 13.6. The second-order valence-corrected chi connectivity index (χ2v) is 7.17. The van der Waals surface area contributed by atoms with Gasteiger partial charge in [-0.3, -0.25) is 4.72 Å². The standard InChI is InChI=1S/C15H18N2O2S2/c1-11-3-4-12(10-16)9-15(11)21(18,19)17-13-5-7-14(20-2)8-6-13/h3-9,17H,10,16H2,1-2H3. The molecule has 3 N–H and O–H groups in total. The fourth-order valence-electron chi connectivity index (χ4n) is 1.93. The second kappa shape index (κ2) is 6.51. The Morgan fingerprint density at radius 2 is 1.81 bits per heavy atom. The molecule has 2 aromatic rings. The Morgan fingerprint density at radius 3 is 2.38 bits per heavy atom. The zero-order chi connectivity index (χ0) is 15.5. The lowest BCUT2D eigenvalue weighted by atomic mass is 10.1. The first-order valence-corrected chi connectivity index (χ1v) is 9.13. The minimum atomic E-state index is -3.61. The Balaban J connectivity index is 2.33. The van der Waals surface area contributed by atoms with Crippen LogP contribution in [0.3, 0.4) is 0 Å². The number of rotatable bonds is 5. The molecule has 0 spiro atoms. The average molecular weight is 322 g/mol. The van der Waals surface area contributed by atoms with Crippen molar-refractivity contribution in [2.24, 2.45) is 5.73 Å². The molecule has 0 aromatic heterocycles. The number of aryl methyl sites for hydroxylation is 1. The van der Waals surface area contributed by atoms with Crippen LogP contribution < -0.4 is 10.5 Å². The van der Waals surface area contributed by atoms with E-state index in [-0.39, 0.29) is 4.90 Å². The van der Waals surface area contributed by atoms with E-state index in [0.29, 0.717) is 17.8 Å². The first kappa shape index (κ1) is 15.9. The topological polar surface area (TPSA) is 72.2 Å². The van der Waals surface area contributed by atoms with Crippen LogP contribution in [-0.4, -0.2) is 14.7 Å². The summed E-state index contributed by atoms with van der Waals surface area (Å²) in [5, 5.41) is 0. The molecule has 0 aliphatic carbocycles. The lowest BCUT2D eigenvalue weighted by Gasteiger charge is -2.12. The molecule has 0 radical (unpaired) electrons. The Labute approximate surface area is 129 Å². The number of sulfonamides is 1. The highest BCUT2D eigenvalue weighted by Crippen LogP contribution is 2.22. The van der Waals surface area contributed by atoms with Crippen LogP contribution in [-0.2, 0) is 16.6 Å². The molecule has 2 aromatic carbocycles. The first-order chi connectivity index (χ1) is 9.96. The van der Waals surface area contributed by atoms with Crippen LogP contribution in [0.2, 0.25) is 0 Å². The summed E-state index contributed by atoms with van der Waals surface area (Å²) >= 11 is 1.61. The molecule has 0 heterocycles. The third kappa shape index (κ3) is 3.78. The Bertz CT molecular complexity index is 726. The summed E-state index contributed by atoms with van der Waals surface area (Å²) in [6.07, 6.45) is 1.97. The van der Waals surface area contributed by atoms with Gasteiger partial charge in [0.1, 0.15) is 0 Å². The van der Waals surface area contributed by atoms with Gasteiger partial charge in [0.15, 0.2) is 0 Å². The van der Waals surface area contributed by atoms with Gasteiger partial charge in [0.05, 0.1) is 4.90 Å². The van der Waals surface area contributed by atoms with E-state index < -0.39 is 10.0 Å². The van der Waals surface area contributed by atoms with Crippen molar-refractivity contribution in [2.75, 3.05) is 11.0 Å². The molecule has 4 nitrogen and oxygen atoms in total. The van der Waals surface area contributed by atoms with Gasteiger partial charge >= 0.3 is 0 Å². The Hall–Kier alpha value is -1.50. The summed E-state index contributed by atoms with van der Waals surface area (Å²) < 4.78 is 27.6. The summed E-state index contributed by atoms with van der Waals surface area (Å²) in [6.45, 7) is 2.08. The normalized spacial score (nSPS) is 11.4. The van der Waals surface area contributed by atoms with Gasteiger partial charge in [-0.25, -0.2) is 8.42 Å². The van der Waals surface area contributed by atoms with Crippen molar-refractivity contribution in [3.05, 3.63) is 53.6 Å². The predicted octanol–water partition coefficient (Wildman–Crippen LogP) is 2.98. The van der Waals surface area contributed by atoms with Crippen LogP contribution in [0.15, 0.2) is 52.3 Å². The number of nitrogens with two attached hydrogens (primary N) is 1. The SMILES string of the molecule is CSc1ccc(NS(=O)(=O)c2cc(CN)ccc2C)cc1. The quantitative estimate of drug-likeness (QED) is 0.830. The van der Waals surface area contributed by atoms with E-state index in [9.17, 15) is 8.42 Å². The highest BCUT2D eigenvalue weighted by Gasteiger charge is 2.17. The minimum absolute atomic E-state index is 0.263. The van der Waals surface area contributed by atoms with E-state index in [2.05, 4.69) is 4.72 Å². The maximum atomic E-state index is 12.5. The molecule has 0 aliphatic rings. The van der Waals surface area contributed by atoms with E-state index in [1.807, 2.05) is 24.5 Å². The summed E-state index contributed by atoms with van der Waals surface area (Å²) in [5.41, 5.74) is 7.61. The maximum absolute atomic E-state index is 12.5. The van der Waals surface area contributed by atoms with Crippen LogP contribution >= 0.6 is 11.8 Å². The molecular formula is C15H18N2O2S2. The van der Waals surface area contributed by atoms with Crippen molar-refractivity contribution in [1.29, 1.82) is 0 Å². The highest BCUT2D eigenvalue weighted by molar-refractivity contribution is 7.98. The van der Waals surface area contributed by atoms with Crippen molar-refractivity contribution in [3.8, 4) is 0 Å². The summed E-state index contributed by atoms with van der Waals surface area (Å²) in [5.74, 6) is 0.